The number of carbonyl (C=O) groups excluding carboxylic acids is 2. The lowest BCUT2D eigenvalue weighted by atomic mass is 10.1. The topological polar surface area (TPSA) is 114 Å². The van der Waals surface area contributed by atoms with Crippen LogP contribution in [0.5, 0.6) is 0 Å². The van der Waals surface area contributed by atoms with Crippen LogP contribution in [0, 0.1) is 5.82 Å². The number of imide groups is 1. The minimum Gasteiger partial charge on any atom is -0.358 e. The Bertz CT molecular complexity index is 707. The molecule has 0 aromatic carbocycles. The Morgan fingerprint density at radius 3 is 2.86 bits per heavy atom. The molecule has 2 rings (SSSR count). The van der Waals surface area contributed by atoms with Gasteiger partial charge in [-0.05, 0) is 12.5 Å². The molecule has 2 heterocycles. The predicted octanol–water partition coefficient (Wildman–Crippen LogP) is -0.0860. The monoisotopic (exact) mass is 331 g/mol. The van der Waals surface area contributed by atoms with Crippen LogP contribution in [0.2, 0.25) is 0 Å². The maximum Gasteiger partial charge on any atom is 0.264 e. The van der Waals surface area contributed by atoms with Crippen LogP contribution in [0.1, 0.15) is 18.4 Å². The van der Waals surface area contributed by atoms with Crippen molar-refractivity contribution in [3.8, 4) is 0 Å². The Balaban J connectivity index is 2.18. The van der Waals surface area contributed by atoms with Gasteiger partial charge in [0.2, 0.25) is 11.8 Å². The SMILES string of the molecule is CS(=O)(=O)OCc1c(F)ccnc1NC1CCC(=O)NC1=O. The van der Waals surface area contributed by atoms with Gasteiger partial charge < -0.3 is 5.32 Å². The van der Waals surface area contributed by atoms with Crippen molar-refractivity contribution in [3.05, 3.63) is 23.6 Å². The molecule has 1 fully saturated rings. The molecular formula is C12H14FN3O5S. The third-order valence-corrected chi connectivity index (χ3v) is 3.51. The number of hydrogen-bond donors (Lipinski definition) is 2. The summed E-state index contributed by atoms with van der Waals surface area (Å²) < 4.78 is 40.4. The van der Waals surface area contributed by atoms with Crippen molar-refractivity contribution < 1.29 is 26.6 Å². The lowest BCUT2D eigenvalue weighted by molar-refractivity contribution is -0.133. The summed E-state index contributed by atoms with van der Waals surface area (Å²) in [5, 5.41) is 4.86. The van der Waals surface area contributed by atoms with E-state index in [0.29, 0.717) is 0 Å². The summed E-state index contributed by atoms with van der Waals surface area (Å²) in [6.45, 7) is -0.548. The highest BCUT2D eigenvalue weighted by Crippen LogP contribution is 2.20. The molecule has 0 aliphatic carbocycles. The van der Waals surface area contributed by atoms with Crippen LogP contribution in [-0.4, -0.2) is 37.5 Å². The van der Waals surface area contributed by atoms with Crippen molar-refractivity contribution in [1.82, 2.24) is 10.3 Å². The van der Waals surface area contributed by atoms with Crippen molar-refractivity contribution in [3.63, 3.8) is 0 Å². The number of pyridine rings is 1. The van der Waals surface area contributed by atoms with E-state index in [1.807, 2.05) is 0 Å². The highest BCUT2D eigenvalue weighted by molar-refractivity contribution is 7.85. The number of piperidine rings is 1. The van der Waals surface area contributed by atoms with E-state index in [1.54, 1.807) is 0 Å². The molecule has 1 atom stereocenters. The van der Waals surface area contributed by atoms with Crippen LogP contribution in [0.3, 0.4) is 0 Å². The Morgan fingerprint density at radius 1 is 1.50 bits per heavy atom. The maximum absolute atomic E-state index is 13.8. The van der Waals surface area contributed by atoms with Crippen molar-refractivity contribution in [1.29, 1.82) is 0 Å². The number of nitrogens with one attached hydrogen (secondary N) is 2. The molecule has 1 aromatic rings. The van der Waals surface area contributed by atoms with Crippen LogP contribution >= 0.6 is 0 Å². The molecule has 0 radical (unpaired) electrons. The number of hydrogen-bond acceptors (Lipinski definition) is 7. The Morgan fingerprint density at radius 2 is 2.23 bits per heavy atom. The van der Waals surface area contributed by atoms with E-state index in [0.717, 1.165) is 12.3 Å². The van der Waals surface area contributed by atoms with E-state index in [9.17, 15) is 22.4 Å². The van der Waals surface area contributed by atoms with Gasteiger partial charge in [-0.1, -0.05) is 0 Å². The van der Waals surface area contributed by atoms with E-state index in [1.165, 1.54) is 6.20 Å². The zero-order valence-electron chi connectivity index (χ0n) is 11.6. The van der Waals surface area contributed by atoms with Gasteiger partial charge in [0.15, 0.2) is 0 Å². The average Bonchev–Trinajstić information content (AvgIpc) is 2.40. The summed E-state index contributed by atoms with van der Waals surface area (Å²) in [6.07, 6.45) is 2.39. The van der Waals surface area contributed by atoms with E-state index in [2.05, 4.69) is 19.8 Å². The zero-order valence-corrected chi connectivity index (χ0v) is 12.4. The molecule has 0 bridgehead atoms. The third-order valence-electron chi connectivity index (χ3n) is 2.97. The first-order valence-corrected chi connectivity index (χ1v) is 8.16. The highest BCUT2D eigenvalue weighted by atomic mass is 32.2. The quantitative estimate of drug-likeness (QED) is 0.572. The average molecular weight is 331 g/mol. The fraction of sp³-hybridized carbons (Fsp3) is 0.417. The molecule has 0 saturated carbocycles. The smallest absolute Gasteiger partial charge is 0.264 e. The molecule has 8 nitrogen and oxygen atoms in total. The predicted molar refractivity (Wildman–Crippen MR) is 73.6 cm³/mol. The maximum atomic E-state index is 13.8. The summed E-state index contributed by atoms with van der Waals surface area (Å²) >= 11 is 0. The number of nitrogens with zero attached hydrogens (tertiary/aromatic N) is 1. The van der Waals surface area contributed by atoms with Gasteiger partial charge in [-0.3, -0.25) is 19.1 Å². The lowest BCUT2D eigenvalue weighted by Crippen LogP contribution is -2.47. The molecule has 2 amide bonds. The normalized spacial score (nSPS) is 18.9. The standard InChI is InChI=1S/C12H14FN3O5S/c1-22(19,20)21-6-7-8(13)4-5-14-11(7)15-9-2-3-10(17)16-12(9)18/h4-5,9H,2-3,6H2,1H3,(H,14,15)(H,16,17,18). The van der Waals surface area contributed by atoms with Crippen LogP contribution in [0.15, 0.2) is 12.3 Å². The fourth-order valence-corrected chi connectivity index (χ4v) is 2.22. The summed E-state index contributed by atoms with van der Waals surface area (Å²) in [4.78, 5) is 26.7. The number of halogens is 1. The van der Waals surface area contributed by atoms with Gasteiger partial charge >= 0.3 is 0 Å². The first-order chi connectivity index (χ1) is 10.3. The molecule has 1 aliphatic heterocycles. The van der Waals surface area contributed by atoms with Crippen molar-refractivity contribution >= 4 is 27.8 Å². The van der Waals surface area contributed by atoms with Crippen LogP contribution < -0.4 is 10.6 Å². The first kappa shape index (κ1) is 16.3. The van der Waals surface area contributed by atoms with E-state index in [-0.39, 0.29) is 30.1 Å². The van der Waals surface area contributed by atoms with Gasteiger partial charge in [0.1, 0.15) is 17.7 Å². The van der Waals surface area contributed by atoms with Crippen LogP contribution in [0.25, 0.3) is 0 Å². The molecule has 1 aliphatic rings. The second-order valence-electron chi connectivity index (χ2n) is 4.73. The lowest BCUT2D eigenvalue weighted by Gasteiger charge is -2.23. The van der Waals surface area contributed by atoms with E-state index >= 15 is 0 Å². The number of rotatable bonds is 5. The summed E-state index contributed by atoms with van der Waals surface area (Å²) in [6, 6.07) is 0.292. The second kappa shape index (κ2) is 6.36. The largest absolute Gasteiger partial charge is 0.358 e. The number of anilines is 1. The number of amides is 2. The van der Waals surface area contributed by atoms with E-state index in [4.69, 9.17) is 0 Å². The summed E-state index contributed by atoms with van der Waals surface area (Å²) in [7, 11) is -3.75. The van der Waals surface area contributed by atoms with Gasteiger partial charge in [-0.2, -0.15) is 8.42 Å². The third kappa shape index (κ3) is 4.21. The van der Waals surface area contributed by atoms with Crippen LogP contribution in [-0.2, 0) is 30.5 Å². The Labute approximate surface area is 126 Å². The molecule has 22 heavy (non-hydrogen) atoms. The molecule has 1 saturated heterocycles. The molecule has 1 unspecified atom stereocenters. The number of aromatic nitrogens is 1. The number of carbonyl (C=O) groups is 2. The Kier molecular flexibility index (Phi) is 4.71. The summed E-state index contributed by atoms with van der Waals surface area (Å²) in [5.41, 5.74) is -0.113. The molecule has 120 valence electrons. The van der Waals surface area contributed by atoms with Crippen LogP contribution in [0.4, 0.5) is 10.2 Å². The first-order valence-electron chi connectivity index (χ1n) is 6.34. The van der Waals surface area contributed by atoms with Gasteiger partial charge in [0.25, 0.3) is 10.1 Å². The van der Waals surface area contributed by atoms with Gasteiger partial charge in [-0.15, -0.1) is 0 Å². The molecule has 10 heteroatoms. The molecule has 0 spiro atoms. The van der Waals surface area contributed by atoms with Crippen molar-refractivity contribution in [2.45, 2.75) is 25.5 Å². The second-order valence-corrected chi connectivity index (χ2v) is 6.38. The molecular weight excluding hydrogens is 317 g/mol. The minimum atomic E-state index is -3.75. The van der Waals surface area contributed by atoms with Gasteiger partial charge in [0.05, 0.1) is 18.4 Å². The summed E-state index contributed by atoms with van der Waals surface area (Å²) in [5.74, 6) is -1.64. The highest BCUT2D eigenvalue weighted by Gasteiger charge is 2.27. The van der Waals surface area contributed by atoms with Crippen molar-refractivity contribution in [2.24, 2.45) is 0 Å². The Hall–Kier alpha value is -2.07. The molecule has 1 aromatic heterocycles. The molecule has 2 N–H and O–H groups in total. The van der Waals surface area contributed by atoms with Gasteiger partial charge in [0, 0.05) is 12.6 Å². The van der Waals surface area contributed by atoms with Gasteiger partial charge in [-0.25, -0.2) is 9.37 Å². The fourth-order valence-electron chi connectivity index (χ4n) is 1.89. The zero-order chi connectivity index (χ0) is 16.3. The van der Waals surface area contributed by atoms with Crippen molar-refractivity contribution in [2.75, 3.05) is 11.6 Å². The van der Waals surface area contributed by atoms with E-state index < -0.39 is 34.5 Å². The minimum absolute atomic E-state index is 0.00171.